The Morgan fingerprint density at radius 3 is 2.87 bits per heavy atom. The van der Waals surface area contributed by atoms with Crippen molar-refractivity contribution in [3.05, 3.63) is 41.7 Å². The number of rotatable bonds is 3. The summed E-state index contributed by atoms with van der Waals surface area (Å²) in [4.78, 5) is 20.0. The van der Waals surface area contributed by atoms with E-state index in [1.165, 1.54) is 0 Å². The van der Waals surface area contributed by atoms with Crippen molar-refractivity contribution < 1.29 is 9.53 Å². The van der Waals surface area contributed by atoms with Gasteiger partial charge in [0, 0.05) is 22.7 Å². The van der Waals surface area contributed by atoms with Crippen molar-refractivity contribution in [3.63, 3.8) is 0 Å². The van der Waals surface area contributed by atoms with Crippen molar-refractivity contribution in [2.45, 2.75) is 26.3 Å². The SMILES string of the molecule is COC1=N[C@@H](CC(C)C)C(=O)NC1=Cc1c[nH]c2ccccc12. The van der Waals surface area contributed by atoms with Crippen LogP contribution in [-0.4, -0.2) is 29.9 Å². The van der Waals surface area contributed by atoms with E-state index in [0.717, 1.165) is 16.5 Å². The molecule has 0 spiro atoms. The van der Waals surface area contributed by atoms with Gasteiger partial charge in [0.05, 0.1) is 7.11 Å². The van der Waals surface area contributed by atoms with Gasteiger partial charge in [-0.05, 0) is 24.5 Å². The van der Waals surface area contributed by atoms with Gasteiger partial charge in [-0.15, -0.1) is 0 Å². The first-order valence-electron chi connectivity index (χ1n) is 7.79. The highest BCUT2D eigenvalue weighted by molar-refractivity contribution is 6.07. The number of hydrogen-bond donors (Lipinski definition) is 2. The average Bonchev–Trinajstić information content (AvgIpc) is 2.93. The zero-order valence-electron chi connectivity index (χ0n) is 13.6. The molecule has 1 aromatic carbocycles. The van der Waals surface area contributed by atoms with Gasteiger partial charge in [-0.25, -0.2) is 4.99 Å². The lowest BCUT2D eigenvalue weighted by Gasteiger charge is -2.23. The van der Waals surface area contributed by atoms with Crippen LogP contribution in [0.1, 0.15) is 25.8 Å². The van der Waals surface area contributed by atoms with Crippen molar-refractivity contribution >= 4 is 28.8 Å². The van der Waals surface area contributed by atoms with Gasteiger partial charge in [-0.2, -0.15) is 0 Å². The van der Waals surface area contributed by atoms with Crippen molar-refractivity contribution in [2.24, 2.45) is 10.9 Å². The van der Waals surface area contributed by atoms with E-state index in [-0.39, 0.29) is 11.9 Å². The fourth-order valence-corrected chi connectivity index (χ4v) is 2.77. The highest BCUT2D eigenvalue weighted by Crippen LogP contribution is 2.22. The maximum Gasteiger partial charge on any atom is 0.249 e. The van der Waals surface area contributed by atoms with Crippen molar-refractivity contribution in [1.82, 2.24) is 10.3 Å². The number of aliphatic imine (C=N–C) groups is 1. The van der Waals surface area contributed by atoms with Crippen LogP contribution in [0.4, 0.5) is 0 Å². The van der Waals surface area contributed by atoms with E-state index in [4.69, 9.17) is 4.74 Å². The second-order valence-corrected chi connectivity index (χ2v) is 6.12. The van der Waals surface area contributed by atoms with Crippen LogP contribution >= 0.6 is 0 Å². The lowest BCUT2D eigenvalue weighted by Crippen LogP contribution is -2.41. The van der Waals surface area contributed by atoms with E-state index in [1.807, 2.05) is 36.5 Å². The van der Waals surface area contributed by atoms with Crippen LogP contribution < -0.4 is 5.32 Å². The number of aromatic amines is 1. The average molecular weight is 311 g/mol. The van der Waals surface area contributed by atoms with Gasteiger partial charge in [0.2, 0.25) is 11.8 Å². The van der Waals surface area contributed by atoms with Gasteiger partial charge < -0.3 is 15.0 Å². The monoisotopic (exact) mass is 311 g/mol. The Morgan fingerprint density at radius 2 is 2.13 bits per heavy atom. The summed E-state index contributed by atoms with van der Waals surface area (Å²) in [6.45, 7) is 4.15. The smallest absolute Gasteiger partial charge is 0.249 e. The number of benzene rings is 1. The predicted octanol–water partition coefficient (Wildman–Crippen LogP) is 3.10. The van der Waals surface area contributed by atoms with E-state index >= 15 is 0 Å². The Bertz CT molecular complexity index is 786. The molecule has 2 aromatic rings. The molecular formula is C18H21N3O2. The van der Waals surface area contributed by atoms with Crippen LogP contribution in [0.5, 0.6) is 0 Å². The molecule has 0 saturated carbocycles. The van der Waals surface area contributed by atoms with E-state index in [0.29, 0.717) is 23.9 Å². The first-order valence-corrected chi connectivity index (χ1v) is 7.79. The zero-order chi connectivity index (χ0) is 16.4. The first kappa shape index (κ1) is 15.3. The van der Waals surface area contributed by atoms with E-state index < -0.39 is 0 Å². The van der Waals surface area contributed by atoms with Crippen LogP contribution in [0.3, 0.4) is 0 Å². The van der Waals surface area contributed by atoms with Gasteiger partial charge in [0.15, 0.2) is 0 Å². The third-order valence-corrected chi connectivity index (χ3v) is 3.87. The predicted molar refractivity (Wildman–Crippen MR) is 92.1 cm³/mol. The summed E-state index contributed by atoms with van der Waals surface area (Å²) in [7, 11) is 1.58. The van der Waals surface area contributed by atoms with Crippen LogP contribution in [0.2, 0.25) is 0 Å². The van der Waals surface area contributed by atoms with Crippen molar-refractivity contribution in [3.8, 4) is 0 Å². The van der Waals surface area contributed by atoms with Gasteiger partial charge in [0.25, 0.3) is 0 Å². The second-order valence-electron chi connectivity index (χ2n) is 6.12. The molecule has 2 heterocycles. The van der Waals surface area contributed by atoms with Gasteiger partial charge in [0.1, 0.15) is 11.7 Å². The molecule has 1 aromatic heterocycles. The Hall–Kier alpha value is -2.56. The number of para-hydroxylation sites is 1. The standard InChI is InChI=1S/C18H21N3O2/c1-11(2)8-15-17(22)20-16(18(21-15)23-3)9-12-10-19-14-7-5-4-6-13(12)14/h4-7,9-11,15,19H,8H2,1-3H3,(H,20,22)/t15-/m0/s1. The largest absolute Gasteiger partial charge is 0.480 e. The Kier molecular flexibility index (Phi) is 4.19. The molecule has 5 nitrogen and oxygen atoms in total. The number of carbonyl (C=O) groups excluding carboxylic acids is 1. The van der Waals surface area contributed by atoms with Gasteiger partial charge >= 0.3 is 0 Å². The lowest BCUT2D eigenvalue weighted by atomic mass is 10.0. The number of hydrogen-bond acceptors (Lipinski definition) is 3. The quantitative estimate of drug-likeness (QED) is 0.914. The summed E-state index contributed by atoms with van der Waals surface area (Å²) in [5.41, 5.74) is 2.64. The fourth-order valence-electron chi connectivity index (χ4n) is 2.77. The summed E-state index contributed by atoms with van der Waals surface area (Å²) >= 11 is 0. The van der Waals surface area contributed by atoms with Crippen molar-refractivity contribution in [2.75, 3.05) is 7.11 Å². The molecule has 5 heteroatoms. The van der Waals surface area contributed by atoms with Crippen molar-refractivity contribution in [1.29, 1.82) is 0 Å². The second kappa shape index (κ2) is 6.28. The molecule has 0 saturated heterocycles. The summed E-state index contributed by atoms with van der Waals surface area (Å²) in [6, 6.07) is 7.64. The van der Waals surface area contributed by atoms with Gasteiger partial charge in [-0.1, -0.05) is 32.0 Å². The minimum Gasteiger partial charge on any atom is -0.480 e. The number of H-pyrrole nitrogens is 1. The number of amides is 1. The zero-order valence-corrected chi connectivity index (χ0v) is 13.6. The third-order valence-electron chi connectivity index (χ3n) is 3.87. The molecule has 0 unspecified atom stereocenters. The molecule has 23 heavy (non-hydrogen) atoms. The van der Waals surface area contributed by atoms with Crippen LogP contribution in [0.25, 0.3) is 17.0 Å². The van der Waals surface area contributed by atoms with Crippen LogP contribution in [-0.2, 0) is 9.53 Å². The highest BCUT2D eigenvalue weighted by atomic mass is 16.5. The molecule has 1 atom stereocenters. The third kappa shape index (κ3) is 3.13. The summed E-state index contributed by atoms with van der Waals surface area (Å²) < 4.78 is 5.38. The number of carbonyl (C=O) groups is 1. The molecule has 0 bridgehead atoms. The van der Waals surface area contributed by atoms with E-state index in [2.05, 4.69) is 29.1 Å². The molecule has 0 aliphatic carbocycles. The maximum atomic E-state index is 12.3. The molecule has 1 aliphatic rings. The molecule has 1 amide bonds. The number of nitrogens with zero attached hydrogens (tertiary/aromatic N) is 1. The molecule has 0 radical (unpaired) electrons. The topological polar surface area (TPSA) is 66.5 Å². The molecule has 3 rings (SSSR count). The van der Waals surface area contributed by atoms with E-state index in [1.54, 1.807) is 7.11 Å². The normalized spacial score (nSPS) is 20.0. The minimum absolute atomic E-state index is 0.0782. The first-order chi connectivity index (χ1) is 11.1. The van der Waals surface area contributed by atoms with Crippen LogP contribution in [0.15, 0.2) is 41.2 Å². The molecule has 0 fully saturated rings. The molecular weight excluding hydrogens is 290 g/mol. The number of fused-ring (bicyclic) bond motifs is 1. The van der Waals surface area contributed by atoms with Gasteiger partial charge in [-0.3, -0.25) is 4.79 Å². The minimum atomic E-state index is -0.384. The maximum absolute atomic E-state index is 12.3. The highest BCUT2D eigenvalue weighted by Gasteiger charge is 2.28. The summed E-state index contributed by atoms with van der Waals surface area (Å²) in [5, 5.41) is 4.02. The number of aromatic nitrogens is 1. The Labute approximate surface area is 135 Å². The number of nitrogens with one attached hydrogen (secondary N) is 2. The summed E-state index contributed by atoms with van der Waals surface area (Å²) in [5.74, 6) is 0.790. The number of ether oxygens (including phenoxy) is 1. The van der Waals surface area contributed by atoms with Crippen LogP contribution in [0, 0.1) is 5.92 Å². The molecule has 120 valence electrons. The van der Waals surface area contributed by atoms with E-state index in [9.17, 15) is 4.79 Å². The molecule has 1 aliphatic heterocycles. The summed E-state index contributed by atoms with van der Waals surface area (Å²) in [6.07, 6.45) is 4.51. The fraction of sp³-hybridized carbons (Fsp3) is 0.333. The molecule has 2 N–H and O–H groups in total. The number of methoxy groups -OCH3 is 1. The lowest BCUT2D eigenvalue weighted by molar-refractivity contribution is -0.122. The Balaban J connectivity index is 1.97. The Morgan fingerprint density at radius 1 is 1.35 bits per heavy atom.